The molecule has 0 saturated heterocycles. The summed E-state index contributed by atoms with van der Waals surface area (Å²) in [4.78, 5) is 0. The average Bonchev–Trinajstić information content (AvgIpc) is 2.32. The van der Waals surface area contributed by atoms with Crippen LogP contribution < -0.4 is 4.74 Å². The van der Waals surface area contributed by atoms with Crippen LogP contribution in [0.25, 0.3) is 0 Å². The van der Waals surface area contributed by atoms with Crippen LogP contribution in [0, 0.1) is 0 Å². The predicted molar refractivity (Wildman–Crippen MR) is 64.7 cm³/mol. The van der Waals surface area contributed by atoms with Crippen molar-refractivity contribution in [1.29, 1.82) is 0 Å². The number of allylic oxidation sites excluding steroid dienone is 2. The lowest BCUT2D eigenvalue weighted by Gasteiger charge is -2.21. The highest BCUT2D eigenvalue weighted by Gasteiger charge is 2.14. The lowest BCUT2D eigenvalue weighted by atomic mass is 9.97. The first-order valence-electron chi connectivity index (χ1n) is 5.57. The van der Waals surface area contributed by atoms with Crippen molar-refractivity contribution >= 4 is 0 Å². The zero-order chi connectivity index (χ0) is 11.4. The molecule has 0 radical (unpaired) electrons. The second-order valence-corrected chi connectivity index (χ2v) is 3.96. The maximum atomic E-state index is 9.60. The van der Waals surface area contributed by atoms with E-state index in [0.29, 0.717) is 5.75 Å². The van der Waals surface area contributed by atoms with Gasteiger partial charge in [0.25, 0.3) is 0 Å². The van der Waals surface area contributed by atoms with Gasteiger partial charge in [0.1, 0.15) is 6.10 Å². The molecule has 2 rings (SSSR count). The normalized spacial score (nSPS) is 20.0. The second kappa shape index (κ2) is 4.88. The molecule has 16 heavy (non-hydrogen) atoms. The van der Waals surface area contributed by atoms with E-state index in [1.54, 1.807) is 18.2 Å². The lowest BCUT2D eigenvalue weighted by molar-refractivity contribution is 0.219. The summed E-state index contributed by atoms with van der Waals surface area (Å²) in [7, 11) is 0. The van der Waals surface area contributed by atoms with Gasteiger partial charge in [0.05, 0.1) is 0 Å². The molecule has 1 N–H and O–H groups in total. The van der Waals surface area contributed by atoms with Crippen molar-refractivity contribution in [3.63, 3.8) is 0 Å². The SMILES string of the molecule is C=CC1=CC(Oc2ccccc2O)CCC1. The molecule has 0 saturated carbocycles. The van der Waals surface area contributed by atoms with Crippen molar-refractivity contribution in [3.05, 3.63) is 48.6 Å². The summed E-state index contributed by atoms with van der Waals surface area (Å²) in [6.45, 7) is 3.77. The Labute approximate surface area is 95.9 Å². The fraction of sp³-hybridized carbons (Fsp3) is 0.286. The summed E-state index contributed by atoms with van der Waals surface area (Å²) in [5, 5.41) is 9.60. The number of ether oxygens (including phenoxy) is 1. The minimum atomic E-state index is 0.0510. The molecular weight excluding hydrogens is 200 g/mol. The monoisotopic (exact) mass is 216 g/mol. The molecule has 2 heteroatoms. The summed E-state index contributed by atoms with van der Waals surface area (Å²) >= 11 is 0. The first-order valence-corrected chi connectivity index (χ1v) is 5.57. The van der Waals surface area contributed by atoms with Gasteiger partial charge >= 0.3 is 0 Å². The van der Waals surface area contributed by atoms with Gasteiger partial charge in [-0.25, -0.2) is 0 Å². The number of aromatic hydroxyl groups is 1. The number of para-hydroxylation sites is 2. The first kappa shape index (κ1) is 10.8. The third-order valence-corrected chi connectivity index (χ3v) is 2.76. The Bertz CT molecular complexity index is 407. The average molecular weight is 216 g/mol. The van der Waals surface area contributed by atoms with E-state index in [-0.39, 0.29) is 11.9 Å². The fourth-order valence-corrected chi connectivity index (χ4v) is 1.90. The van der Waals surface area contributed by atoms with Crippen LogP contribution in [0.4, 0.5) is 0 Å². The Morgan fingerprint density at radius 2 is 2.19 bits per heavy atom. The van der Waals surface area contributed by atoms with Crippen molar-refractivity contribution in [1.82, 2.24) is 0 Å². The van der Waals surface area contributed by atoms with Gasteiger partial charge in [-0.15, -0.1) is 0 Å². The molecule has 1 unspecified atom stereocenters. The molecule has 0 bridgehead atoms. The van der Waals surface area contributed by atoms with Gasteiger partial charge in [-0.3, -0.25) is 0 Å². The molecular formula is C14H16O2. The van der Waals surface area contributed by atoms with E-state index in [1.807, 2.05) is 12.1 Å². The van der Waals surface area contributed by atoms with Crippen LogP contribution in [-0.2, 0) is 0 Å². The minimum absolute atomic E-state index is 0.0510. The Balaban J connectivity index is 2.10. The van der Waals surface area contributed by atoms with Crippen LogP contribution in [0.1, 0.15) is 19.3 Å². The zero-order valence-corrected chi connectivity index (χ0v) is 9.23. The molecule has 0 amide bonds. The van der Waals surface area contributed by atoms with E-state index in [1.165, 1.54) is 5.57 Å². The van der Waals surface area contributed by atoms with Crippen molar-refractivity contribution in [2.24, 2.45) is 0 Å². The molecule has 0 fully saturated rings. The summed E-state index contributed by atoms with van der Waals surface area (Å²) in [6, 6.07) is 7.06. The van der Waals surface area contributed by atoms with Crippen LogP contribution in [0.15, 0.2) is 48.6 Å². The van der Waals surface area contributed by atoms with Crippen LogP contribution in [0.5, 0.6) is 11.5 Å². The molecule has 0 aromatic heterocycles. The van der Waals surface area contributed by atoms with Crippen LogP contribution in [-0.4, -0.2) is 11.2 Å². The molecule has 2 nitrogen and oxygen atoms in total. The third-order valence-electron chi connectivity index (χ3n) is 2.76. The highest BCUT2D eigenvalue weighted by Crippen LogP contribution is 2.29. The van der Waals surface area contributed by atoms with E-state index in [2.05, 4.69) is 12.7 Å². The van der Waals surface area contributed by atoms with Crippen LogP contribution in [0.2, 0.25) is 0 Å². The van der Waals surface area contributed by atoms with Crippen molar-refractivity contribution in [2.45, 2.75) is 25.4 Å². The standard InChI is InChI=1S/C14H16O2/c1-2-11-6-5-7-12(10-11)16-14-9-4-3-8-13(14)15/h2-4,8-10,12,15H,1,5-7H2. The topological polar surface area (TPSA) is 29.5 Å². The van der Waals surface area contributed by atoms with E-state index >= 15 is 0 Å². The molecule has 0 heterocycles. The largest absolute Gasteiger partial charge is 0.504 e. The Morgan fingerprint density at radius 3 is 2.94 bits per heavy atom. The summed E-state index contributed by atoms with van der Waals surface area (Å²) < 4.78 is 5.74. The summed E-state index contributed by atoms with van der Waals surface area (Å²) in [6.07, 6.45) is 7.19. The van der Waals surface area contributed by atoms with Gasteiger partial charge in [0.2, 0.25) is 0 Å². The Kier molecular flexibility index (Phi) is 3.30. The predicted octanol–water partition coefficient (Wildman–Crippen LogP) is 3.44. The van der Waals surface area contributed by atoms with Crippen molar-refractivity contribution < 1.29 is 9.84 Å². The van der Waals surface area contributed by atoms with Crippen LogP contribution >= 0.6 is 0 Å². The number of hydrogen-bond donors (Lipinski definition) is 1. The van der Waals surface area contributed by atoms with Gasteiger partial charge in [-0.05, 0) is 43.0 Å². The molecule has 84 valence electrons. The number of phenolic OH excluding ortho intramolecular Hbond substituents is 1. The van der Waals surface area contributed by atoms with E-state index in [0.717, 1.165) is 19.3 Å². The maximum absolute atomic E-state index is 9.60. The molecule has 1 aliphatic rings. The summed E-state index contributed by atoms with van der Waals surface area (Å²) in [5.41, 5.74) is 1.23. The van der Waals surface area contributed by atoms with E-state index < -0.39 is 0 Å². The van der Waals surface area contributed by atoms with Crippen molar-refractivity contribution in [3.8, 4) is 11.5 Å². The highest BCUT2D eigenvalue weighted by atomic mass is 16.5. The lowest BCUT2D eigenvalue weighted by Crippen LogP contribution is -2.17. The number of benzene rings is 1. The zero-order valence-electron chi connectivity index (χ0n) is 9.23. The van der Waals surface area contributed by atoms with Gasteiger partial charge in [0.15, 0.2) is 11.5 Å². The molecule has 0 aliphatic heterocycles. The van der Waals surface area contributed by atoms with Gasteiger partial charge in [-0.1, -0.05) is 24.8 Å². The second-order valence-electron chi connectivity index (χ2n) is 3.96. The Hall–Kier alpha value is -1.70. The summed E-state index contributed by atoms with van der Waals surface area (Å²) in [5.74, 6) is 0.746. The Morgan fingerprint density at radius 1 is 1.38 bits per heavy atom. The van der Waals surface area contributed by atoms with Crippen LogP contribution in [0.3, 0.4) is 0 Å². The van der Waals surface area contributed by atoms with Crippen molar-refractivity contribution in [2.75, 3.05) is 0 Å². The maximum Gasteiger partial charge on any atom is 0.161 e. The van der Waals surface area contributed by atoms with E-state index in [4.69, 9.17) is 4.74 Å². The number of phenols is 1. The molecule has 1 aromatic rings. The number of rotatable bonds is 3. The molecule has 0 spiro atoms. The van der Waals surface area contributed by atoms with E-state index in [9.17, 15) is 5.11 Å². The molecule has 1 aromatic carbocycles. The van der Waals surface area contributed by atoms with Gasteiger partial charge in [-0.2, -0.15) is 0 Å². The highest BCUT2D eigenvalue weighted by molar-refractivity contribution is 5.38. The molecule has 1 aliphatic carbocycles. The third kappa shape index (κ3) is 2.45. The first-order chi connectivity index (χ1) is 7.79. The molecule has 1 atom stereocenters. The minimum Gasteiger partial charge on any atom is -0.504 e. The fourth-order valence-electron chi connectivity index (χ4n) is 1.90. The van der Waals surface area contributed by atoms with Gasteiger partial charge < -0.3 is 9.84 Å². The smallest absolute Gasteiger partial charge is 0.161 e. The quantitative estimate of drug-likeness (QED) is 0.838. The van der Waals surface area contributed by atoms with Gasteiger partial charge in [0, 0.05) is 0 Å². The number of hydrogen-bond acceptors (Lipinski definition) is 2.